The molecule has 0 heterocycles. The fourth-order valence-corrected chi connectivity index (χ4v) is 4.56. The first-order valence-corrected chi connectivity index (χ1v) is 7.67. The van der Waals surface area contributed by atoms with Crippen LogP contribution >= 0.6 is 79.6 Å². The fraction of sp³-hybridized carbons (Fsp3) is 0.250. The van der Waals surface area contributed by atoms with E-state index in [1.165, 1.54) is 11.1 Å². The van der Waals surface area contributed by atoms with Crippen molar-refractivity contribution in [1.29, 1.82) is 0 Å². The van der Waals surface area contributed by atoms with E-state index in [1.807, 2.05) is 0 Å². The van der Waals surface area contributed by atoms with Gasteiger partial charge in [0.2, 0.25) is 0 Å². The van der Waals surface area contributed by atoms with Gasteiger partial charge in [-0.3, -0.25) is 0 Å². The molecule has 72 valence electrons. The van der Waals surface area contributed by atoms with Gasteiger partial charge in [-0.2, -0.15) is 0 Å². The third-order valence-corrected chi connectivity index (χ3v) is 7.37. The average Bonchev–Trinajstić information content (AvgIpc) is 2.13. The van der Waals surface area contributed by atoms with Gasteiger partial charge in [-0.1, -0.05) is 15.9 Å². The van der Waals surface area contributed by atoms with E-state index < -0.39 is 0 Å². The monoisotopic (exact) mass is 496 g/mol. The van der Waals surface area contributed by atoms with Crippen LogP contribution in [0.15, 0.2) is 17.9 Å². The van der Waals surface area contributed by atoms with Gasteiger partial charge in [-0.15, -0.1) is 0 Å². The van der Waals surface area contributed by atoms with Crippen molar-refractivity contribution in [1.82, 2.24) is 0 Å². The van der Waals surface area contributed by atoms with Crippen molar-refractivity contribution in [2.45, 2.75) is 12.3 Å². The van der Waals surface area contributed by atoms with Crippen LogP contribution in [0.2, 0.25) is 0 Å². The van der Waals surface area contributed by atoms with Crippen molar-refractivity contribution in [2.75, 3.05) is 0 Å². The molecule has 0 radical (unpaired) electrons. The summed E-state index contributed by atoms with van der Waals surface area (Å²) in [5, 5.41) is 0.837. The lowest BCUT2D eigenvalue weighted by atomic mass is 10.1. The predicted octanol–water partition coefficient (Wildman–Crippen LogP) is 5.94. The van der Waals surface area contributed by atoms with Crippen LogP contribution in [0.5, 0.6) is 0 Å². The molecule has 0 aliphatic rings. The number of rotatable bonds is 1. The summed E-state index contributed by atoms with van der Waals surface area (Å²) in [7, 11) is 0. The molecule has 1 aromatic carbocycles. The molecule has 0 spiro atoms. The maximum absolute atomic E-state index is 3.55. The van der Waals surface area contributed by atoms with E-state index in [2.05, 4.69) is 86.6 Å². The first kappa shape index (κ1) is 12.7. The summed E-state index contributed by atoms with van der Waals surface area (Å²) in [5.74, 6) is 0. The third kappa shape index (κ3) is 2.41. The molecule has 0 nitrogen and oxygen atoms in total. The van der Waals surface area contributed by atoms with E-state index >= 15 is 0 Å². The zero-order valence-corrected chi connectivity index (χ0v) is 14.5. The Morgan fingerprint density at radius 2 is 1.31 bits per heavy atom. The van der Waals surface area contributed by atoms with Crippen molar-refractivity contribution >= 4 is 79.6 Å². The topological polar surface area (TPSA) is 0 Å². The highest BCUT2D eigenvalue weighted by Crippen LogP contribution is 2.42. The van der Waals surface area contributed by atoms with Crippen molar-refractivity contribution in [2.24, 2.45) is 0 Å². The zero-order chi connectivity index (χ0) is 10.2. The molecule has 13 heavy (non-hydrogen) atoms. The minimum atomic E-state index is 0.837. The van der Waals surface area contributed by atoms with Gasteiger partial charge in [-0.25, -0.2) is 0 Å². The van der Waals surface area contributed by atoms with Crippen LogP contribution in [0.3, 0.4) is 0 Å². The highest BCUT2D eigenvalue weighted by Gasteiger charge is 2.14. The SMILES string of the molecule is Cc1c(Br)c(Br)c(Br)c(Br)c1CBr. The first-order chi connectivity index (χ1) is 6.00. The second kappa shape index (κ2) is 5.10. The number of alkyl halides is 1. The molecule has 0 saturated heterocycles. The second-order valence-corrected chi connectivity index (χ2v) is 6.23. The maximum Gasteiger partial charge on any atom is 0.0474 e. The summed E-state index contributed by atoms with van der Waals surface area (Å²) in [4.78, 5) is 0. The Hall–Kier alpha value is 1.62. The van der Waals surface area contributed by atoms with Crippen LogP contribution in [-0.4, -0.2) is 0 Å². The van der Waals surface area contributed by atoms with Gasteiger partial charge < -0.3 is 0 Å². The lowest BCUT2D eigenvalue weighted by Gasteiger charge is -2.12. The van der Waals surface area contributed by atoms with E-state index in [0.29, 0.717) is 0 Å². The highest BCUT2D eigenvalue weighted by atomic mass is 79.9. The molecule has 0 unspecified atom stereocenters. The van der Waals surface area contributed by atoms with Crippen molar-refractivity contribution in [3.8, 4) is 0 Å². The van der Waals surface area contributed by atoms with Gasteiger partial charge in [0.1, 0.15) is 0 Å². The molecule has 5 heteroatoms. The first-order valence-electron chi connectivity index (χ1n) is 3.38. The molecule has 0 saturated carbocycles. The van der Waals surface area contributed by atoms with E-state index in [1.54, 1.807) is 0 Å². The van der Waals surface area contributed by atoms with Crippen LogP contribution < -0.4 is 0 Å². The van der Waals surface area contributed by atoms with Crippen LogP contribution in [0, 0.1) is 6.92 Å². The molecule has 0 aliphatic carbocycles. The molecule has 0 N–H and O–H groups in total. The van der Waals surface area contributed by atoms with E-state index in [4.69, 9.17) is 0 Å². The molecule has 0 aromatic heterocycles. The minimum absolute atomic E-state index is 0.837. The van der Waals surface area contributed by atoms with Crippen molar-refractivity contribution in [3.63, 3.8) is 0 Å². The van der Waals surface area contributed by atoms with Gasteiger partial charge in [0, 0.05) is 23.2 Å². The molecule has 0 atom stereocenters. The normalized spacial score (nSPS) is 10.6. The van der Waals surface area contributed by atoms with Gasteiger partial charge in [-0.05, 0) is 81.8 Å². The Morgan fingerprint density at radius 1 is 0.846 bits per heavy atom. The minimum Gasteiger partial charge on any atom is -0.0876 e. The number of benzene rings is 1. The second-order valence-electron chi connectivity index (χ2n) is 2.49. The van der Waals surface area contributed by atoms with E-state index in [0.717, 1.165) is 23.2 Å². The molecule has 0 amide bonds. The zero-order valence-electron chi connectivity index (χ0n) is 6.60. The largest absolute Gasteiger partial charge is 0.0876 e. The van der Waals surface area contributed by atoms with Gasteiger partial charge in [0.15, 0.2) is 0 Å². The summed E-state index contributed by atoms with van der Waals surface area (Å²) < 4.78 is 4.27. The smallest absolute Gasteiger partial charge is 0.0474 e. The summed E-state index contributed by atoms with van der Waals surface area (Å²) in [6, 6.07) is 0. The van der Waals surface area contributed by atoms with Crippen LogP contribution in [0.25, 0.3) is 0 Å². The number of hydrogen-bond acceptors (Lipinski definition) is 0. The summed E-state index contributed by atoms with van der Waals surface area (Å²) in [6.45, 7) is 2.09. The summed E-state index contributed by atoms with van der Waals surface area (Å²) in [6.07, 6.45) is 0. The average molecular weight is 501 g/mol. The maximum atomic E-state index is 3.55. The lowest BCUT2D eigenvalue weighted by molar-refractivity contribution is 1.25. The Balaban J connectivity index is 3.56. The van der Waals surface area contributed by atoms with E-state index in [-0.39, 0.29) is 0 Å². The number of hydrogen-bond donors (Lipinski definition) is 0. The van der Waals surface area contributed by atoms with Gasteiger partial charge in [0.25, 0.3) is 0 Å². The molecular weight excluding hydrogens is 496 g/mol. The Kier molecular flexibility index (Phi) is 4.98. The van der Waals surface area contributed by atoms with E-state index in [9.17, 15) is 0 Å². The van der Waals surface area contributed by atoms with Crippen LogP contribution in [-0.2, 0) is 5.33 Å². The molecule has 0 aliphatic heterocycles. The predicted molar refractivity (Wildman–Crippen MR) is 74.6 cm³/mol. The fourth-order valence-electron chi connectivity index (χ4n) is 0.946. The Bertz CT molecular complexity index is 316. The Morgan fingerprint density at radius 3 is 1.77 bits per heavy atom. The van der Waals surface area contributed by atoms with Gasteiger partial charge >= 0.3 is 0 Å². The Labute approximate surface area is 119 Å². The quantitative estimate of drug-likeness (QED) is 0.254. The third-order valence-electron chi connectivity index (χ3n) is 1.76. The molecule has 0 fully saturated rings. The van der Waals surface area contributed by atoms with Crippen molar-refractivity contribution in [3.05, 3.63) is 29.0 Å². The number of halogens is 5. The summed E-state index contributed by atoms with van der Waals surface area (Å²) >= 11 is 17.6. The van der Waals surface area contributed by atoms with Crippen molar-refractivity contribution < 1.29 is 0 Å². The standard InChI is InChI=1S/C8H5Br5/c1-3-4(2-9)6(11)8(13)7(12)5(3)10/h2H2,1H3. The van der Waals surface area contributed by atoms with Gasteiger partial charge in [0.05, 0.1) is 0 Å². The summed E-state index contributed by atoms with van der Waals surface area (Å²) in [5.41, 5.74) is 2.49. The van der Waals surface area contributed by atoms with Crippen LogP contribution in [0.1, 0.15) is 11.1 Å². The molecule has 1 aromatic rings. The lowest BCUT2D eigenvalue weighted by Crippen LogP contribution is -1.91. The molecule has 0 bridgehead atoms. The van der Waals surface area contributed by atoms with Crippen LogP contribution in [0.4, 0.5) is 0 Å². The molecule has 1 rings (SSSR count). The molecular formula is C8H5Br5. The highest BCUT2D eigenvalue weighted by molar-refractivity contribution is 9.15.